The summed E-state index contributed by atoms with van der Waals surface area (Å²) in [7, 11) is 0. The fraction of sp³-hybridized carbons (Fsp3) is 0.133. The number of rotatable bonds is 4. The normalized spacial score (nSPS) is 11.6. The first kappa shape index (κ1) is 21.9. The highest BCUT2D eigenvalue weighted by molar-refractivity contribution is 9.10. The number of thiophene rings is 1. The second-order valence-electron chi connectivity index (χ2n) is 9.31. The highest BCUT2D eigenvalue weighted by Crippen LogP contribution is 2.43. The summed E-state index contributed by atoms with van der Waals surface area (Å²) in [6, 6.07) is 34.9. The van der Waals surface area contributed by atoms with E-state index in [0.717, 1.165) is 15.8 Å². The largest absolute Gasteiger partial charge is 0.309 e. The molecule has 0 aliphatic rings. The van der Waals surface area contributed by atoms with Crippen molar-refractivity contribution in [2.45, 2.75) is 26.2 Å². The van der Waals surface area contributed by atoms with E-state index in [9.17, 15) is 0 Å². The Morgan fingerprint density at radius 1 is 0.697 bits per heavy atom. The average Bonchev–Trinajstić information content (AvgIpc) is 3.23. The molecule has 0 aliphatic carbocycles. The van der Waals surface area contributed by atoms with Gasteiger partial charge < -0.3 is 4.90 Å². The van der Waals surface area contributed by atoms with Crippen LogP contribution in [0.3, 0.4) is 0 Å². The van der Waals surface area contributed by atoms with Crippen molar-refractivity contribution >= 4 is 54.4 Å². The van der Waals surface area contributed by atoms with Gasteiger partial charge in [0.25, 0.3) is 0 Å². The van der Waals surface area contributed by atoms with Crippen LogP contribution in [0.1, 0.15) is 26.3 Å². The maximum absolute atomic E-state index is 3.67. The summed E-state index contributed by atoms with van der Waals surface area (Å²) >= 11 is 5.47. The summed E-state index contributed by atoms with van der Waals surface area (Å²) in [4.78, 5) is 2.37. The first-order valence-electron chi connectivity index (χ1n) is 11.1. The number of hydrogen-bond donors (Lipinski definition) is 0. The van der Waals surface area contributed by atoms with Crippen molar-refractivity contribution in [1.29, 1.82) is 0 Å². The molecule has 1 heterocycles. The van der Waals surface area contributed by atoms with E-state index >= 15 is 0 Å². The zero-order valence-corrected chi connectivity index (χ0v) is 21.5. The van der Waals surface area contributed by atoms with Crippen LogP contribution in [0.15, 0.2) is 107 Å². The molecule has 0 amide bonds. The van der Waals surface area contributed by atoms with Gasteiger partial charge in [0.05, 0.1) is 5.69 Å². The van der Waals surface area contributed by atoms with Gasteiger partial charge in [-0.25, -0.2) is 0 Å². The van der Waals surface area contributed by atoms with Crippen molar-refractivity contribution in [1.82, 2.24) is 0 Å². The summed E-state index contributed by atoms with van der Waals surface area (Å²) in [6.07, 6.45) is 0. The third kappa shape index (κ3) is 4.48. The predicted molar refractivity (Wildman–Crippen MR) is 148 cm³/mol. The molecule has 5 rings (SSSR count). The first-order valence-corrected chi connectivity index (χ1v) is 12.8. The lowest BCUT2D eigenvalue weighted by atomic mass is 9.87. The topological polar surface area (TPSA) is 3.24 Å². The molecule has 0 spiro atoms. The second kappa shape index (κ2) is 8.81. The van der Waals surface area contributed by atoms with E-state index in [1.54, 1.807) is 11.3 Å². The third-order valence-electron chi connectivity index (χ3n) is 5.96. The van der Waals surface area contributed by atoms with E-state index in [0.29, 0.717) is 0 Å². The van der Waals surface area contributed by atoms with Gasteiger partial charge in [-0.2, -0.15) is 0 Å². The fourth-order valence-corrected chi connectivity index (χ4v) is 5.45. The average molecular weight is 513 g/mol. The molecular weight excluding hydrogens is 486 g/mol. The quantitative estimate of drug-likeness (QED) is 0.232. The molecule has 0 unspecified atom stereocenters. The molecule has 0 saturated heterocycles. The van der Waals surface area contributed by atoms with Crippen LogP contribution in [-0.4, -0.2) is 0 Å². The molecular formula is C30H26BrNS. The van der Waals surface area contributed by atoms with Gasteiger partial charge in [-0.15, -0.1) is 11.3 Å². The van der Waals surface area contributed by atoms with Gasteiger partial charge in [0, 0.05) is 31.3 Å². The minimum atomic E-state index is 0.124. The number of fused-ring (bicyclic) bond motifs is 1. The molecule has 0 bridgehead atoms. The Kier molecular flexibility index (Phi) is 5.86. The maximum Gasteiger partial charge on any atom is 0.0647 e. The highest BCUT2D eigenvalue weighted by atomic mass is 79.9. The molecule has 0 radical (unpaired) electrons. The Hall–Kier alpha value is -2.88. The molecule has 0 N–H and O–H groups in total. The van der Waals surface area contributed by atoms with Crippen LogP contribution in [0.25, 0.3) is 21.2 Å². The maximum atomic E-state index is 3.67. The Balaban J connectivity index is 1.68. The molecule has 33 heavy (non-hydrogen) atoms. The number of nitrogens with zero attached hydrogens (tertiary/aromatic N) is 1. The summed E-state index contributed by atoms with van der Waals surface area (Å²) < 4.78 is 2.36. The molecule has 4 aromatic carbocycles. The van der Waals surface area contributed by atoms with Gasteiger partial charge in [0.15, 0.2) is 0 Å². The van der Waals surface area contributed by atoms with E-state index in [1.165, 1.54) is 32.5 Å². The van der Waals surface area contributed by atoms with Gasteiger partial charge in [-0.05, 0) is 64.6 Å². The minimum absolute atomic E-state index is 0.124. The lowest BCUT2D eigenvalue weighted by molar-refractivity contribution is 0.590. The molecule has 0 saturated carbocycles. The number of benzene rings is 4. The molecule has 5 aromatic rings. The van der Waals surface area contributed by atoms with Crippen molar-refractivity contribution in [3.8, 4) is 11.1 Å². The lowest BCUT2D eigenvalue weighted by Gasteiger charge is -2.26. The monoisotopic (exact) mass is 511 g/mol. The van der Waals surface area contributed by atoms with Crippen molar-refractivity contribution < 1.29 is 0 Å². The Morgan fingerprint density at radius 3 is 2.15 bits per heavy atom. The molecule has 1 aromatic heterocycles. The smallest absolute Gasteiger partial charge is 0.0647 e. The molecule has 0 atom stereocenters. The van der Waals surface area contributed by atoms with Crippen LogP contribution >= 0.6 is 27.3 Å². The lowest BCUT2D eigenvalue weighted by Crippen LogP contribution is -2.13. The molecule has 164 valence electrons. The standard InChI is InChI=1S/C30H26BrNS/c1-30(2,3)23-13-15-25(16-14-23)32(26-11-7-10-24(31)19-26)28-20-33-29-17-12-22(18-27(28)29)21-8-5-4-6-9-21/h4-20H,1-3H3. The zero-order chi connectivity index (χ0) is 23.0. The zero-order valence-electron chi connectivity index (χ0n) is 19.0. The van der Waals surface area contributed by atoms with Crippen molar-refractivity contribution in [3.63, 3.8) is 0 Å². The highest BCUT2D eigenvalue weighted by Gasteiger charge is 2.19. The number of anilines is 3. The van der Waals surface area contributed by atoms with Crippen LogP contribution in [0, 0.1) is 0 Å². The second-order valence-corrected chi connectivity index (χ2v) is 11.1. The van der Waals surface area contributed by atoms with Gasteiger partial charge in [0.1, 0.15) is 0 Å². The summed E-state index contributed by atoms with van der Waals surface area (Å²) in [6.45, 7) is 6.77. The van der Waals surface area contributed by atoms with E-state index in [4.69, 9.17) is 0 Å². The SMILES string of the molecule is CC(C)(C)c1ccc(N(c2cccc(Br)c2)c2csc3ccc(-c4ccccc4)cc23)cc1. The van der Waals surface area contributed by atoms with E-state index < -0.39 is 0 Å². The van der Waals surface area contributed by atoms with Crippen LogP contribution in [0.2, 0.25) is 0 Å². The summed E-state index contributed by atoms with van der Waals surface area (Å²) in [5.74, 6) is 0. The van der Waals surface area contributed by atoms with Gasteiger partial charge in [-0.3, -0.25) is 0 Å². The van der Waals surface area contributed by atoms with Gasteiger partial charge in [-0.1, -0.05) is 91.3 Å². The van der Waals surface area contributed by atoms with E-state index in [1.807, 2.05) is 0 Å². The first-order chi connectivity index (χ1) is 15.9. The minimum Gasteiger partial charge on any atom is -0.309 e. The fourth-order valence-electron chi connectivity index (χ4n) is 4.15. The van der Waals surface area contributed by atoms with Crippen molar-refractivity contribution in [2.24, 2.45) is 0 Å². The van der Waals surface area contributed by atoms with Gasteiger partial charge in [0.2, 0.25) is 0 Å². The van der Waals surface area contributed by atoms with Crippen LogP contribution in [0.5, 0.6) is 0 Å². The van der Waals surface area contributed by atoms with Gasteiger partial charge >= 0.3 is 0 Å². The molecule has 0 aliphatic heterocycles. The van der Waals surface area contributed by atoms with Crippen molar-refractivity contribution in [3.05, 3.63) is 112 Å². The van der Waals surface area contributed by atoms with Crippen molar-refractivity contribution in [2.75, 3.05) is 4.90 Å². The van der Waals surface area contributed by atoms with E-state index in [-0.39, 0.29) is 5.41 Å². The molecule has 0 fully saturated rings. The van der Waals surface area contributed by atoms with Crippen LogP contribution in [0.4, 0.5) is 17.1 Å². The summed E-state index contributed by atoms with van der Waals surface area (Å²) in [5, 5.41) is 3.54. The van der Waals surface area contributed by atoms with E-state index in [2.05, 4.69) is 144 Å². The summed E-state index contributed by atoms with van der Waals surface area (Å²) in [5.41, 5.74) is 7.43. The Morgan fingerprint density at radius 2 is 1.45 bits per heavy atom. The predicted octanol–water partition coefficient (Wildman–Crippen LogP) is 10.1. The van der Waals surface area contributed by atoms with Crippen LogP contribution in [-0.2, 0) is 5.41 Å². The number of hydrogen-bond acceptors (Lipinski definition) is 2. The number of halogens is 1. The van der Waals surface area contributed by atoms with Crippen LogP contribution < -0.4 is 4.90 Å². The Labute approximate surface area is 208 Å². The molecule has 3 heteroatoms. The Bertz CT molecular complexity index is 1400. The third-order valence-corrected chi connectivity index (χ3v) is 7.40. The molecule has 1 nitrogen and oxygen atoms in total.